The predicted octanol–water partition coefficient (Wildman–Crippen LogP) is 2.36. The van der Waals surface area contributed by atoms with Gasteiger partial charge >= 0.3 is 0 Å². The van der Waals surface area contributed by atoms with Crippen LogP contribution in [0.15, 0.2) is 57.8 Å². The summed E-state index contributed by atoms with van der Waals surface area (Å²) in [7, 11) is -3.69. The third-order valence-electron chi connectivity index (χ3n) is 4.00. The van der Waals surface area contributed by atoms with Crippen LogP contribution in [0.2, 0.25) is 0 Å². The fourth-order valence-corrected chi connectivity index (χ4v) is 3.15. The number of hydrogen-bond donors (Lipinski definition) is 2. The second-order valence-electron chi connectivity index (χ2n) is 5.75. The zero-order valence-corrected chi connectivity index (χ0v) is 14.5. The number of sulfonamides is 1. The highest BCUT2D eigenvalue weighted by atomic mass is 32.2. The van der Waals surface area contributed by atoms with Gasteiger partial charge in [-0.15, -0.1) is 0 Å². The van der Waals surface area contributed by atoms with Crippen molar-refractivity contribution in [3.8, 4) is 0 Å². The summed E-state index contributed by atoms with van der Waals surface area (Å²) in [6.45, 7) is 2.26. The second kappa shape index (κ2) is 6.70. The second-order valence-corrected chi connectivity index (χ2v) is 7.31. The van der Waals surface area contributed by atoms with Crippen molar-refractivity contribution in [1.29, 1.82) is 0 Å². The van der Waals surface area contributed by atoms with Crippen LogP contribution >= 0.6 is 0 Å². The van der Waals surface area contributed by atoms with Crippen molar-refractivity contribution in [3.63, 3.8) is 0 Å². The number of nitrogens with two attached hydrogens (primary N) is 1. The Morgan fingerprint density at radius 3 is 2.44 bits per heavy atom. The van der Waals surface area contributed by atoms with Crippen LogP contribution < -0.4 is 10.5 Å². The monoisotopic (exact) mass is 358 g/mol. The van der Waals surface area contributed by atoms with Crippen LogP contribution in [0.5, 0.6) is 0 Å². The molecular weight excluding hydrogens is 340 g/mol. The number of rotatable bonds is 5. The minimum atomic E-state index is -3.69. The van der Waals surface area contributed by atoms with Crippen LogP contribution in [0, 0.1) is 6.92 Å². The van der Waals surface area contributed by atoms with E-state index in [0.717, 1.165) is 16.5 Å². The van der Waals surface area contributed by atoms with Gasteiger partial charge < -0.3 is 9.73 Å². The van der Waals surface area contributed by atoms with Crippen molar-refractivity contribution in [3.05, 3.63) is 65.4 Å². The normalized spacial score (nSPS) is 11.6. The number of primary sulfonamides is 1. The van der Waals surface area contributed by atoms with Crippen molar-refractivity contribution in [2.45, 2.75) is 18.2 Å². The third-order valence-corrected chi connectivity index (χ3v) is 4.93. The average Bonchev–Trinajstić information content (AvgIpc) is 2.92. The van der Waals surface area contributed by atoms with Gasteiger partial charge in [-0.1, -0.05) is 30.3 Å². The Balaban J connectivity index is 1.63. The third kappa shape index (κ3) is 3.72. The van der Waals surface area contributed by atoms with Gasteiger partial charge in [0, 0.05) is 17.5 Å². The maximum atomic E-state index is 12.3. The number of carbonyl (C=O) groups is 1. The lowest BCUT2D eigenvalue weighted by atomic mass is 10.1. The highest BCUT2D eigenvalue weighted by molar-refractivity contribution is 7.89. The van der Waals surface area contributed by atoms with Crippen LogP contribution in [0.1, 0.15) is 21.7 Å². The van der Waals surface area contributed by atoms with Crippen molar-refractivity contribution in [2.24, 2.45) is 5.14 Å². The van der Waals surface area contributed by atoms with E-state index in [1.807, 2.05) is 31.2 Å². The number of furan rings is 1. The molecule has 130 valence electrons. The van der Waals surface area contributed by atoms with Crippen molar-refractivity contribution in [1.82, 2.24) is 5.32 Å². The first-order valence-electron chi connectivity index (χ1n) is 7.74. The molecule has 3 rings (SSSR count). The fraction of sp³-hybridized carbons (Fsp3) is 0.167. The van der Waals surface area contributed by atoms with Gasteiger partial charge in [0.05, 0.1) is 4.90 Å². The smallest absolute Gasteiger partial charge is 0.287 e. The molecule has 0 spiro atoms. The van der Waals surface area contributed by atoms with Crippen LogP contribution in [0.25, 0.3) is 11.0 Å². The molecule has 0 aliphatic heterocycles. The first-order chi connectivity index (χ1) is 11.9. The minimum absolute atomic E-state index is 0.0678. The molecule has 0 radical (unpaired) electrons. The van der Waals surface area contributed by atoms with Crippen LogP contribution in [-0.2, 0) is 16.4 Å². The summed E-state index contributed by atoms with van der Waals surface area (Å²) in [6.07, 6.45) is 0.565. The molecule has 0 fully saturated rings. The summed E-state index contributed by atoms with van der Waals surface area (Å²) in [4.78, 5) is 12.4. The molecule has 0 bridgehead atoms. The van der Waals surface area contributed by atoms with Gasteiger partial charge in [-0.05, 0) is 37.1 Å². The molecule has 1 aromatic heterocycles. The van der Waals surface area contributed by atoms with Gasteiger partial charge in [-0.2, -0.15) is 0 Å². The van der Waals surface area contributed by atoms with Gasteiger partial charge in [-0.3, -0.25) is 4.79 Å². The number of fused-ring (bicyclic) bond motifs is 1. The average molecular weight is 358 g/mol. The van der Waals surface area contributed by atoms with Gasteiger partial charge in [0.2, 0.25) is 10.0 Å². The van der Waals surface area contributed by atoms with Crippen LogP contribution in [0.4, 0.5) is 0 Å². The first kappa shape index (κ1) is 17.2. The Bertz CT molecular complexity index is 1020. The van der Waals surface area contributed by atoms with Crippen LogP contribution in [0.3, 0.4) is 0 Å². The minimum Gasteiger partial charge on any atom is -0.451 e. The van der Waals surface area contributed by atoms with Crippen LogP contribution in [-0.4, -0.2) is 20.9 Å². The van der Waals surface area contributed by atoms with E-state index in [1.165, 1.54) is 12.1 Å². The molecule has 0 saturated carbocycles. The first-order valence-corrected chi connectivity index (χ1v) is 9.29. The van der Waals surface area contributed by atoms with E-state index in [0.29, 0.717) is 24.3 Å². The molecule has 0 unspecified atom stereocenters. The largest absolute Gasteiger partial charge is 0.451 e. The Labute approximate surface area is 145 Å². The molecular formula is C18H18N2O4S. The summed E-state index contributed by atoms with van der Waals surface area (Å²) in [5, 5.41) is 8.80. The fourth-order valence-electron chi connectivity index (χ4n) is 2.64. The van der Waals surface area contributed by atoms with E-state index < -0.39 is 10.0 Å². The molecule has 0 saturated heterocycles. The number of amides is 1. The molecule has 7 heteroatoms. The Hall–Kier alpha value is -2.64. The van der Waals surface area contributed by atoms with Crippen molar-refractivity contribution >= 4 is 26.9 Å². The molecule has 0 aliphatic carbocycles. The predicted molar refractivity (Wildman–Crippen MR) is 94.8 cm³/mol. The lowest BCUT2D eigenvalue weighted by Crippen LogP contribution is -2.25. The standard InChI is InChI=1S/C18H18N2O4S/c1-12-15-4-2-3-5-16(15)24-17(12)18(21)20-11-10-13-6-8-14(9-7-13)25(19,22)23/h2-9H,10-11H2,1H3,(H,20,21)(H2,19,22,23). The van der Waals surface area contributed by atoms with E-state index >= 15 is 0 Å². The lowest BCUT2D eigenvalue weighted by molar-refractivity contribution is 0.0927. The number of hydrogen-bond acceptors (Lipinski definition) is 4. The van der Waals surface area contributed by atoms with E-state index in [2.05, 4.69) is 5.32 Å². The Kier molecular flexibility index (Phi) is 4.61. The zero-order chi connectivity index (χ0) is 18.0. The highest BCUT2D eigenvalue weighted by Crippen LogP contribution is 2.24. The summed E-state index contributed by atoms with van der Waals surface area (Å²) >= 11 is 0. The summed E-state index contributed by atoms with van der Waals surface area (Å²) in [5.41, 5.74) is 2.39. The molecule has 1 heterocycles. The van der Waals surface area contributed by atoms with E-state index in [4.69, 9.17) is 9.56 Å². The molecule has 3 N–H and O–H groups in total. The molecule has 6 nitrogen and oxygen atoms in total. The molecule has 0 aliphatic rings. The summed E-state index contributed by atoms with van der Waals surface area (Å²) < 4.78 is 28.1. The number of benzene rings is 2. The molecule has 0 atom stereocenters. The summed E-state index contributed by atoms with van der Waals surface area (Å²) in [6, 6.07) is 13.8. The zero-order valence-electron chi connectivity index (χ0n) is 13.7. The Morgan fingerprint density at radius 1 is 1.12 bits per heavy atom. The van der Waals surface area contributed by atoms with E-state index in [9.17, 15) is 13.2 Å². The van der Waals surface area contributed by atoms with Gasteiger partial charge in [0.15, 0.2) is 5.76 Å². The molecule has 2 aromatic carbocycles. The van der Waals surface area contributed by atoms with Crippen molar-refractivity contribution in [2.75, 3.05) is 6.54 Å². The van der Waals surface area contributed by atoms with E-state index in [-0.39, 0.29) is 10.8 Å². The quantitative estimate of drug-likeness (QED) is 0.731. The number of carbonyl (C=O) groups excluding carboxylic acids is 1. The van der Waals surface area contributed by atoms with Gasteiger partial charge in [0.1, 0.15) is 5.58 Å². The SMILES string of the molecule is Cc1c(C(=O)NCCc2ccc(S(N)(=O)=O)cc2)oc2ccccc12. The number of aryl methyl sites for hydroxylation is 1. The van der Waals surface area contributed by atoms with E-state index in [1.54, 1.807) is 12.1 Å². The topological polar surface area (TPSA) is 102 Å². The summed E-state index contributed by atoms with van der Waals surface area (Å²) in [5.74, 6) is 0.0422. The number of nitrogens with one attached hydrogen (secondary N) is 1. The molecule has 3 aromatic rings. The lowest BCUT2D eigenvalue weighted by Gasteiger charge is -2.05. The molecule has 25 heavy (non-hydrogen) atoms. The molecule has 1 amide bonds. The maximum absolute atomic E-state index is 12.3. The van der Waals surface area contributed by atoms with Crippen molar-refractivity contribution < 1.29 is 17.6 Å². The number of para-hydroxylation sites is 1. The Morgan fingerprint density at radius 2 is 1.80 bits per heavy atom. The van der Waals surface area contributed by atoms with Gasteiger partial charge in [0.25, 0.3) is 5.91 Å². The maximum Gasteiger partial charge on any atom is 0.287 e. The van der Waals surface area contributed by atoms with Gasteiger partial charge in [-0.25, -0.2) is 13.6 Å². The highest BCUT2D eigenvalue weighted by Gasteiger charge is 2.16.